The van der Waals surface area contributed by atoms with E-state index in [4.69, 9.17) is 0 Å². The quantitative estimate of drug-likeness (QED) is 0.333. The topological polar surface area (TPSA) is 20.3 Å². The number of nitrogens with zero attached hydrogens (tertiary/aromatic N) is 1. The number of carbonyl (C=O) groups is 1. The van der Waals surface area contributed by atoms with Gasteiger partial charge in [-0.05, 0) is 19.3 Å². The molecule has 128 valence electrons. The molecule has 0 radical (unpaired) electrons. The van der Waals surface area contributed by atoms with Crippen LogP contribution in [0.3, 0.4) is 0 Å². The fraction of sp³-hybridized carbons (Fsp3) is 0.850. The lowest BCUT2D eigenvalue weighted by molar-refractivity contribution is -0.133. The molecule has 2 nitrogen and oxygen atoms in total. The Labute approximate surface area is 138 Å². The van der Waals surface area contributed by atoms with E-state index < -0.39 is 0 Å². The Morgan fingerprint density at radius 3 is 2.18 bits per heavy atom. The molecule has 1 aliphatic rings. The number of likely N-dealkylation sites (tertiary alicyclic amines) is 1. The first-order valence-corrected chi connectivity index (χ1v) is 9.71. The summed E-state index contributed by atoms with van der Waals surface area (Å²) in [6, 6.07) is 0. The number of carbonyl (C=O) groups excluding carboxylic acids is 1. The standard InChI is InChI=1S/C20H37NO/c1-3-5-6-7-8-9-10-11-12-14-17-21-18-15-13-16-19(4-2)20(21)22/h4,19H,2-3,5-18H2,1H3. The average Bonchev–Trinajstić information content (AvgIpc) is 2.71. The molecule has 1 aliphatic heterocycles. The molecule has 0 aromatic heterocycles. The van der Waals surface area contributed by atoms with Crippen molar-refractivity contribution in [2.24, 2.45) is 5.92 Å². The lowest BCUT2D eigenvalue weighted by Gasteiger charge is -2.23. The van der Waals surface area contributed by atoms with Gasteiger partial charge in [0.1, 0.15) is 0 Å². The van der Waals surface area contributed by atoms with Gasteiger partial charge in [-0.25, -0.2) is 0 Å². The molecule has 0 aromatic carbocycles. The molecule has 1 amide bonds. The molecule has 0 N–H and O–H groups in total. The zero-order chi connectivity index (χ0) is 16.0. The summed E-state index contributed by atoms with van der Waals surface area (Å²) in [7, 11) is 0. The first-order chi connectivity index (χ1) is 10.8. The van der Waals surface area contributed by atoms with Crippen LogP contribution in [0, 0.1) is 5.92 Å². The van der Waals surface area contributed by atoms with Gasteiger partial charge in [-0.1, -0.05) is 77.2 Å². The maximum Gasteiger partial charge on any atom is 0.229 e. The summed E-state index contributed by atoms with van der Waals surface area (Å²) in [5.74, 6) is 0.397. The van der Waals surface area contributed by atoms with Crippen LogP contribution in [-0.2, 0) is 4.79 Å². The Kier molecular flexibility index (Phi) is 11.1. The molecule has 22 heavy (non-hydrogen) atoms. The van der Waals surface area contributed by atoms with Crippen molar-refractivity contribution in [3.05, 3.63) is 12.7 Å². The Morgan fingerprint density at radius 1 is 1.00 bits per heavy atom. The number of hydrogen-bond acceptors (Lipinski definition) is 1. The van der Waals surface area contributed by atoms with Gasteiger partial charge in [-0.2, -0.15) is 0 Å². The second-order valence-electron chi connectivity index (χ2n) is 6.85. The van der Waals surface area contributed by atoms with E-state index in [0.717, 1.165) is 32.4 Å². The molecule has 0 spiro atoms. The summed E-state index contributed by atoms with van der Waals surface area (Å²) in [4.78, 5) is 14.4. The molecule has 1 unspecified atom stereocenters. The van der Waals surface area contributed by atoms with Crippen molar-refractivity contribution in [2.75, 3.05) is 13.1 Å². The van der Waals surface area contributed by atoms with Gasteiger partial charge in [0.2, 0.25) is 5.91 Å². The fourth-order valence-electron chi connectivity index (χ4n) is 3.37. The second kappa shape index (κ2) is 12.7. The van der Waals surface area contributed by atoms with Crippen molar-refractivity contribution >= 4 is 5.91 Å². The highest BCUT2D eigenvalue weighted by Gasteiger charge is 2.23. The second-order valence-corrected chi connectivity index (χ2v) is 6.85. The van der Waals surface area contributed by atoms with Crippen molar-refractivity contribution in [2.45, 2.75) is 90.4 Å². The van der Waals surface area contributed by atoms with Crippen LogP contribution in [0.4, 0.5) is 0 Å². The van der Waals surface area contributed by atoms with E-state index in [0.29, 0.717) is 5.91 Å². The van der Waals surface area contributed by atoms with Crippen molar-refractivity contribution < 1.29 is 4.79 Å². The third-order valence-electron chi connectivity index (χ3n) is 4.89. The van der Waals surface area contributed by atoms with E-state index >= 15 is 0 Å². The van der Waals surface area contributed by atoms with Crippen LogP contribution in [-0.4, -0.2) is 23.9 Å². The zero-order valence-electron chi connectivity index (χ0n) is 14.8. The zero-order valence-corrected chi connectivity index (χ0v) is 14.8. The SMILES string of the molecule is C=CC1CCCCN(CCCCCCCCCCCC)C1=O. The van der Waals surface area contributed by atoms with Crippen LogP contribution in [0.2, 0.25) is 0 Å². The third-order valence-corrected chi connectivity index (χ3v) is 4.89. The van der Waals surface area contributed by atoms with E-state index in [9.17, 15) is 4.79 Å². The van der Waals surface area contributed by atoms with Crippen LogP contribution in [0.1, 0.15) is 90.4 Å². The molecule has 0 bridgehead atoms. The van der Waals surface area contributed by atoms with Gasteiger partial charge in [-0.15, -0.1) is 6.58 Å². The van der Waals surface area contributed by atoms with E-state index in [1.54, 1.807) is 0 Å². The molecule has 0 aromatic rings. The van der Waals surface area contributed by atoms with Crippen molar-refractivity contribution in [3.8, 4) is 0 Å². The van der Waals surface area contributed by atoms with Gasteiger partial charge in [0.15, 0.2) is 0 Å². The lowest BCUT2D eigenvalue weighted by Crippen LogP contribution is -2.35. The minimum absolute atomic E-state index is 0.0746. The van der Waals surface area contributed by atoms with E-state index in [-0.39, 0.29) is 5.92 Å². The predicted octanol–water partition coefficient (Wildman–Crippen LogP) is 5.72. The summed E-state index contributed by atoms with van der Waals surface area (Å²) in [5, 5.41) is 0. The number of unbranched alkanes of at least 4 members (excludes halogenated alkanes) is 9. The summed E-state index contributed by atoms with van der Waals surface area (Å²) >= 11 is 0. The molecule has 1 heterocycles. The van der Waals surface area contributed by atoms with Gasteiger partial charge in [-0.3, -0.25) is 4.79 Å². The molecular formula is C20H37NO. The maximum absolute atomic E-state index is 12.3. The van der Waals surface area contributed by atoms with Gasteiger partial charge in [0, 0.05) is 13.1 Å². The highest BCUT2D eigenvalue weighted by atomic mass is 16.2. The number of amides is 1. The van der Waals surface area contributed by atoms with Crippen LogP contribution in [0.5, 0.6) is 0 Å². The minimum atomic E-state index is 0.0746. The van der Waals surface area contributed by atoms with Gasteiger partial charge in [0.05, 0.1) is 5.92 Å². The Morgan fingerprint density at radius 2 is 1.59 bits per heavy atom. The Hall–Kier alpha value is -0.790. The largest absolute Gasteiger partial charge is 0.342 e. The fourth-order valence-corrected chi connectivity index (χ4v) is 3.37. The summed E-state index contributed by atoms with van der Waals surface area (Å²) in [6.45, 7) is 8.01. The Balaban J connectivity index is 2.01. The smallest absolute Gasteiger partial charge is 0.229 e. The van der Waals surface area contributed by atoms with E-state index in [1.165, 1.54) is 64.2 Å². The molecule has 2 heteroatoms. The summed E-state index contributed by atoms with van der Waals surface area (Å²) < 4.78 is 0. The molecule has 1 fully saturated rings. The van der Waals surface area contributed by atoms with Crippen molar-refractivity contribution in [3.63, 3.8) is 0 Å². The van der Waals surface area contributed by atoms with Crippen LogP contribution < -0.4 is 0 Å². The van der Waals surface area contributed by atoms with Gasteiger partial charge in [0.25, 0.3) is 0 Å². The van der Waals surface area contributed by atoms with Crippen LogP contribution in [0.15, 0.2) is 12.7 Å². The predicted molar refractivity (Wildman–Crippen MR) is 96.0 cm³/mol. The first-order valence-electron chi connectivity index (χ1n) is 9.71. The highest BCUT2D eigenvalue weighted by Crippen LogP contribution is 2.19. The molecule has 1 atom stereocenters. The maximum atomic E-state index is 12.3. The minimum Gasteiger partial charge on any atom is -0.342 e. The first kappa shape index (κ1) is 19.3. The normalized spacial score (nSPS) is 19.2. The van der Waals surface area contributed by atoms with Crippen molar-refractivity contribution in [1.29, 1.82) is 0 Å². The average molecular weight is 308 g/mol. The lowest BCUT2D eigenvalue weighted by atomic mass is 10.0. The van der Waals surface area contributed by atoms with Crippen LogP contribution in [0.25, 0.3) is 0 Å². The monoisotopic (exact) mass is 307 g/mol. The molecule has 1 saturated heterocycles. The molecule has 1 rings (SSSR count). The number of hydrogen-bond donors (Lipinski definition) is 0. The van der Waals surface area contributed by atoms with Gasteiger partial charge < -0.3 is 4.90 Å². The van der Waals surface area contributed by atoms with E-state index in [1.807, 2.05) is 6.08 Å². The summed E-state index contributed by atoms with van der Waals surface area (Å²) in [6.07, 6.45) is 18.7. The number of rotatable bonds is 12. The van der Waals surface area contributed by atoms with Crippen molar-refractivity contribution in [1.82, 2.24) is 4.90 Å². The van der Waals surface area contributed by atoms with E-state index in [2.05, 4.69) is 18.4 Å². The molecule has 0 saturated carbocycles. The Bertz CT molecular complexity index is 300. The summed E-state index contributed by atoms with van der Waals surface area (Å²) in [5.41, 5.74) is 0. The van der Waals surface area contributed by atoms with Crippen LogP contribution >= 0.6 is 0 Å². The molecule has 0 aliphatic carbocycles. The van der Waals surface area contributed by atoms with Gasteiger partial charge >= 0.3 is 0 Å². The third kappa shape index (κ3) is 8.00. The molecular weight excluding hydrogens is 270 g/mol. The highest BCUT2D eigenvalue weighted by molar-refractivity contribution is 5.80.